The molecule has 2 nitrogen and oxygen atoms in total. The van der Waals surface area contributed by atoms with Crippen molar-refractivity contribution in [2.45, 2.75) is 30.6 Å². The maximum Gasteiger partial charge on any atom is 0.238 e. The molecule has 1 saturated heterocycles. The number of rotatable bonds is 1. The third-order valence-electron chi connectivity index (χ3n) is 3.52. The van der Waals surface area contributed by atoms with Crippen molar-refractivity contribution in [2.24, 2.45) is 0 Å². The lowest BCUT2D eigenvalue weighted by molar-refractivity contribution is -0.116. The number of carbonyl (C=O) groups is 1. The largest absolute Gasteiger partial charge is 0.297 e. The average Bonchev–Trinajstić information content (AvgIpc) is 2.90. The molecule has 3 heteroatoms. The van der Waals surface area contributed by atoms with Crippen LogP contribution in [0, 0.1) is 0 Å². The number of carbonyl (C=O) groups excluding carboxylic acids is 1. The lowest BCUT2D eigenvalue weighted by Crippen LogP contribution is -2.42. The zero-order chi connectivity index (χ0) is 11.0. The van der Waals surface area contributed by atoms with Gasteiger partial charge in [0, 0.05) is 5.69 Å². The van der Waals surface area contributed by atoms with Crippen LogP contribution in [0.15, 0.2) is 30.3 Å². The average molecular weight is 233 g/mol. The van der Waals surface area contributed by atoms with Crippen molar-refractivity contribution >= 4 is 23.4 Å². The van der Waals surface area contributed by atoms with Crippen LogP contribution in [0.1, 0.15) is 25.7 Å². The van der Waals surface area contributed by atoms with E-state index in [1.54, 1.807) is 0 Å². The predicted octanol–water partition coefficient (Wildman–Crippen LogP) is 3.04. The van der Waals surface area contributed by atoms with Crippen LogP contribution in [0.4, 0.5) is 5.69 Å². The summed E-state index contributed by atoms with van der Waals surface area (Å²) in [5.74, 6) is 0.924. The molecule has 0 N–H and O–H groups in total. The van der Waals surface area contributed by atoms with Crippen LogP contribution in [0.25, 0.3) is 0 Å². The van der Waals surface area contributed by atoms with Gasteiger partial charge in [0.15, 0.2) is 0 Å². The molecule has 1 aromatic rings. The lowest BCUT2D eigenvalue weighted by atomic mass is 10.1. The molecule has 0 aromatic heterocycles. The molecule has 1 amide bonds. The molecule has 0 atom stereocenters. The molecule has 0 radical (unpaired) electrons. The molecule has 1 aliphatic heterocycles. The first-order chi connectivity index (χ1) is 7.82. The number of thioether (sulfide) groups is 1. The van der Waals surface area contributed by atoms with Crippen LogP contribution in [-0.2, 0) is 4.79 Å². The number of para-hydroxylation sites is 1. The quantitative estimate of drug-likeness (QED) is 0.743. The Morgan fingerprint density at radius 3 is 2.50 bits per heavy atom. The van der Waals surface area contributed by atoms with E-state index >= 15 is 0 Å². The predicted molar refractivity (Wildman–Crippen MR) is 67.6 cm³/mol. The van der Waals surface area contributed by atoms with Crippen molar-refractivity contribution in [3.8, 4) is 0 Å². The SMILES string of the molecule is O=C1CSC2(CCCC2)N1c1ccccc1. The first kappa shape index (κ1) is 10.2. The van der Waals surface area contributed by atoms with Crippen molar-refractivity contribution in [3.63, 3.8) is 0 Å². The number of amides is 1. The summed E-state index contributed by atoms with van der Waals surface area (Å²) in [5, 5.41) is 0. The Labute approximate surface area is 100 Å². The second-order valence-electron chi connectivity index (χ2n) is 4.51. The molecule has 0 unspecified atom stereocenters. The third-order valence-corrected chi connectivity index (χ3v) is 5.04. The summed E-state index contributed by atoms with van der Waals surface area (Å²) in [6.07, 6.45) is 4.81. The van der Waals surface area contributed by atoms with E-state index in [9.17, 15) is 4.79 Å². The van der Waals surface area contributed by atoms with Crippen molar-refractivity contribution in [1.29, 1.82) is 0 Å². The zero-order valence-corrected chi connectivity index (χ0v) is 10.0. The fourth-order valence-corrected chi connectivity index (χ4v) is 4.24. The maximum atomic E-state index is 12.0. The van der Waals surface area contributed by atoms with Gasteiger partial charge in [-0.25, -0.2) is 0 Å². The second-order valence-corrected chi connectivity index (χ2v) is 5.84. The van der Waals surface area contributed by atoms with Crippen molar-refractivity contribution in [2.75, 3.05) is 10.7 Å². The van der Waals surface area contributed by atoms with Gasteiger partial charge in [-0.1, -0.05) is 31.0 Å². The Kier molecular flexibility index (Phi) is 2.43. The molecular formula is C13H15NOS. The number of anilines is 1. The fourth-order valence-electron chi connectivity index (χ4n) is 2.80. The highest BCUT2D eigenvalue weighted by Gasteiger charge is 2.48. The molecule has 2 aliphatic rings. The normalized spacial score (nSPS) is 23.2. The summed E-state index contributed by atoms with van der Waals surface area (Å²) in [6.45, 7) is 0. The first-order valence-corrected chi connectivity index (χ1v) is 6.82. The van der Waals surface area contributed by atoms with Gasteiger partial charge in [0.05, 0.1) is 10.6 Å². The van der Waals surface area contributed by atoms with E-state index in [0.29, 0.717) is 5.75 Å². The van der Waals surface area contributed by atoms with Gasteiger partial charge in [0.25, 0.3) is 0 Å². The Balaban J connectivity index is 2.00. The molecule has 1 spiro atoms. The highest BCUT2D eigenvalue weighted by molar-refractivity contribution is 8.02. The van der Waals surface area contributed by atoms with Gasteiger partial charge in [0.1, 0.15) is 0 Å². The molecule has 84 valence electrons. The minimum Gasteiger partial charge on any atom is -0.297 e. The van der Waals surface area contributed by atoms with Crippen LogP contribution >= 0.6 is 11.8 Å². The number of hydrogen-bond acceptors (Lipinski definition) is 2. The topological polar surface area (TPSA) is 20.3 Å². The smallest absolute Gasteiger partial charge is 0.238 e. The van der Waals surface area contributed by atoms with Crippen LogP contribution in [0.3, 0.4) is 0 Å². The van der Waals surface area contributed by atoms with Crippen LogP contribution in [-0.4, -0.2) is 16.5 Å². The van der Waals surface area contributed by atoms with Gasteiger partial charge in [-0.3, -0.25) is 9.69 Å². The molecule has 0 bridgehead atoms. The van der Waals surface area contributed by atoms with Crippen molar-refractivity contribution < 1.29 is 4.79 Å². The minimum atomic E-state index is 0.0818. The summed E-state index contributed by atoms with van der Waals surface area (Å²) < 4.78 is 0. The first-order valence-electron chi connectivity index (χ1n) is 5.84. The monoisotopic (exact) mass is 233 g/mol. The van der Waals surface area contributed by atoms with Crippen molar-refractivity contribution in [1.82, 2.24) is 0 Å². The highest BCUT2D eigenvalue weighted by Crippen LogP contribution is 2.50. The second kappa shape index (κ2) is 3.81. The standard InChI is InChI=1S/C13H15NOS/c15-12-10-16-13(8-4-5-9-13)14(12)11-6-2-1-3-7-11/h1-3,6-7H,4-5,8-10H2. The molecule has 16 heavy (non-hydrogen) atoms. The summed E-state index contributed by atoms with van der Waals surface area (Å²) in [4.78, 5) is 14.2. The summed E-state index contributed by atoms with van der Waals surface area (Å²) in [5.41, 5.74) is 1.07. The van der Waals surface area contributed by atoms with Crippen LogP contribution in [0.5, 0.6) is 0 Å². The van der Waals surface area contributed by atoms with Gasteiger partial charge in [-0.05, 0) is 25.0 Å². The Hall–Kier alpha value is -0.960. The Morgan fingerprint density at radius 2 is 1.81 bits per heavy atom. The molecule has 3 rings (SSSR count). The lowest BCUT2D eigenvalue weighted by Gasteiger charge is -2.33. The van der Waals surface area contributed by atoms with E-state index in [0.717, 1.165) is 18.5 Å². The third kappa shape index (κ3) is 1.46. The molecule has 2 fully saturated rings. The molecule has 1 saturated carbocycles. The van der Waals surface area contributed by atoms with Gasteiger partial charge >= 0.3 is 0 Å². The van der Waals surface area contributed by atoms with Gasteiger partial charge in [0.2, 0.25) is 5.91 Å². The van der Waals surface area contributed by atoms with Crippen molar-refractivity contribution in [3.05, 3.63) is 30.3 Å². The van der Waals surface area contributed by atoms with E-state index in [4.69, 9.17) is 0 Å². The number of hydrogen-bond donors (Lipinski definition) is 0. The van der Waals surface area contributed by atoms with E-state index in [2.05, 4.69) is 0 Å². The summed E-state index contributed by atoms with van der Waals surface area (Å²) in [7, 11) is 0. The number of nitrogens with zero attached hydrogens (tertiary/aromatic N) is 1. The van der Waals surface area contributed by atoms with E-state index < -0.39 is 0 Å². The summed E-state index contributed by atoms with van der Waals surface area (Å²) >= 11 is 1.84. The van der Waals surface area contributed by atoms with Gasteiger partial charge in [-0.15, -0.1) is 11.8 Å². The van der Waals surface area contributed by atoms with E-state index in [1.165, 1.54) is 12.8 Å². The molecule has 1 aliphatic carbocycles. The minimum absolute atomic E-state index is 0.0818. The van der Waals surface area contributed by atoms with Gasteiger partial charge in [-0.2, -0.15) is 0 Å². The molecule has 1 heterocycles. The summed E-state index contributed by atoms with van der Waals surface area (Å²) in [6, 6.07) is 10.1. The molecule has 1 aromatic carbocycles. The van der Waals surface area contributed by atoms with Crippen LogP contribution < -0.4 is 4.90 Å². The fraction of sp³-hybridized carbons (Fsp3) is 0.462. The number of benzene rings is 1. The highest BCUT2D eigenvalue weighted by atomic mass is 32.2. The van der Waals surface area contributed by atoms with E-state index in [-0.39, 0.29) is 10.8 Å². The maximum absolute atomic E-state index is 12.0. The Bertz CT molecular complexity index is 398. The van der Waals surface area contributed by atoms with E-state index in [1.807, 2.05) is 47.0 Å². The van der Waals surface area contributed by atoms with Crippen LogP contribution in [0.2, 0.25) is 0 Å². The van der Waals surface area contributed by atoms with Gasteiger partial charge < -0.3 is 0 Å². The molecular weight excluding hydrogens is 218 g/mol. The zero-order valence-electron chi connectivity index (χ0n) is 9.19. The Morgan fingerprint density at radius 1 is 1.12 bits per heavy atom.